The van der Waals surface area contributed by atoms with Crippen LogP contribution < -0.4 is 11.3 Å². The molecule has 0 aliphatic rings. The summed E-state index contributed by atoms with van der Waals surface area (Å²) in [6.45, 7) is 2.29. The van der Waals surface area contributed by atoms with Crippen LogP contribution in [0.15, 0.2) is 41.5 Å². The van der Waals surface area contributed by atoms with Crippen molar-refractivity contribution < 1.29 is 4.79 Å². The van der Waals surface area contributed by atoms with E-state index in [1.165, 1.54) is 17.7 Å². The Balaban J connectivity index is 1.98. The Kier molecular flexibility index (Phi) is 3.77. The number of benzene rings is 1. The Labute approximate surface area is 131 Å². The van der Waals surface area contributed by atoms with E-state index in [1.807, 2.05) is 30.3 Å². The molecule has 0 radical (unpaired) electrons. The van der Waals surface area contributed by atoms with Crippen molar-refractivity contribution in [2.75, 3.05) is 0 Å². The van der Waals surface area contributed by atoms with E-state index in [0.717, 1.165) is 12.0 Å². The maximum atomic E-state index is 12.6. The lowest BCUT2D eigenvalue weighted by molar-refractivity contribution is 0.100. The highest BCUT2D eigenvalue weighted by molar-refractivity contribution is 7.20. The van der Waals surface area contributed by atoms with E-state index >= 15 is 0 Å². The first-order valence-electron chi connectivity index (χ1n) is 6.90. The van der Waals surface area contributed by atoms with Crippen LogP contribution in [0.4, 0.5) is 0 Å². The van der Waals surface area contributed by atoms with Gasteiger partial charge in [0.2, 0.25) is 0 Å². The number of primary amides is 1. The van der Waals surface area contributed by atoms with E-state index in [9.17, 15) is 9.59 Å². The molecule has 0 unspecified atom stereocenters. The Bertz CT molecular complexity index is 897. The van der Waals surface area contributed by atoms with Crippen molar-refractivity contribution >= 4 is 27.5 Å². The SMILES string of the molecule is Cc1c(C(N)=O)sc2ncn(CCc3ccccc3)c(=O)c12. The van der Waals surface area contributed by atoms with Gasteiger partial charge < -0.3 is 5.73 Å². The lowest BCUT2D eigenvalue weighted by Crippen LogP contribution is -2.21. The minimum atomic E-state index is -0.518. The van der Waals surface area contributed by atoms with Crippen LogP contribution in [0.3, 0.4) is 0 Å². The molecule has 1 aromatic carbocycles. The third-order valence-electron chi connectivity index (χ3n) is 3.63. The molecule has 0 spiro atoms. The minimum absolute atomic E-state index is 0.123. The van der Waals surface area contributed by atoms with Gasteiger partial charge in [-0.05, 0) is 24.5 Å². The van der Waals surface area contributed by atoms with E-state index in [1.54, 1.807) is 11.5 Å². The van der Waals surface area contributed by atoms with Crippen LogP contribution in [0.1, 0.15) is 20.8 Å². The van der Waals surface area contributed by atoms with Gasteiger partial charge in [-0.15, -0.1) is 11.3 Å². The average Bonchev–Trinajstić information content (AvgIpc) is 2.86. The zero-order valence-corrected chi connectivity index (χ0v) is 12.9. The van der Waals surface area contributed by atoms with Crippen molar-refractivity contribution in [3.05, 3.63) is 63.0 Å². The van der Waals surface area contributed by atoms with Gasteiger partial charge in [-0.3, -0.25) is 14.2 Å². The summed E-state index contributed by atoms with van der Waals surface area (Å²) in [5, 5.41) is 0.495. The molecular weight excluding hydrogens is 298 g/mol. The second-order valence-electron chi connectivity index (χ2n) is 5.08. The number of nitrogens with zero attached hydrogens (tertiary/aromatic N) is 2. The number of aromatic nitrogens is 2. The van der Waals surface area contributed by atoms with Crippen LogP contribution in [0.25, 0.3) is 10.2 Å². The van der Waals surface area contributed by atoms with Gasteiger partial charge in [0.1, 0.15) is 4.83 Å². The zero-order chi connectivity index (χ0) is 15.7. The Morgan fingerprint density at radius 3 is 2.73 bits per heavy atom. The monoisotopic (exact) mass is 313 g/mol. The van der Waals surface area contributed by atoms with Gasteiger partial charge in [-0.25, -0.2) is 4.98 Å². The first-order chi connectivity index (χ1) is 10.6. The van der Waals surface area contributed by atoms with Crippen LogP contribution in [0.5, 0.6) is 0 Å². The number of fused-ring (bicyclic) bond motifs is 1. The van der Waals surface area contributed by atoms with E-state index in [2.05, 4.69) is 4.98 Å². The largest absolute Gasteiger partial charge is 0.365 e. The summed E-state index contributed by atoms with van der Waals surface area (Å²) in [6.07, 6.45) is 2.29. The number of carbonyl (C=O) groups excluding carboxylic acids is 1. The van der Waals surface area contributed by atoms with Crippen molar-refractivity contribution in [2.45, 2.75) is 19.9 Å². The van der Waals surface area contributed by atoms with Gasteiger partial charge in [0, 0.05) is 6.54 Å². The third-order valence-corrected chi connectivity index (χ3v) is 4.84. The smallest absolute Gasteiger partial charge is 0.262 e. The fourth-order valence-corrected chi connectivity index (χ4v) is 3.44. The minimum Gasteiger partial charge on any atom is -0.365 e. The van der Waals surface area contributed by atoms with Gasteiger partial charge in [-0.2, -0.15) is 0 Å². The molecule has 0 saturated carbocycles. The molecule has 3 aromatic rings. The number of thiophene rings is 1. The summed E-state index contributed by atoms with van der Waals surface area (Å²) in [5.41, 5.74) is 7.00. The predicted molar refractivity (Wildman–Crippen MR) is 87.3 cm³/mol. The molecule has 22 heavy (non-hydrogen) atoms. The Hall–Kier alpha value is -2.47. The maximum absolute atomic E-state index is 12.6. The second kappa shape index (κ2) is 5.73. The quantitative estimate of drug-likeness (QED) is 0.801. The van der Waals surface area contributed by atoms with Crippen molar-refractivity contribution in [1.82, 2.24) is 9.55 Å². The van der Waals surface area contributed by atoms with Crippen LogP contribution in [-0.4, -0.2) is 15.5 Å². The van der Waals surface area contributed by atoms with Gasteiger partial charge >= 0.3 is 0 Å². The van der Waals surface area contributed by atoms with Gasteiger partial charge in [0.05, 0.1) is 16.6 Å². The number of hydrogen-bond acceptors (Lipinski definition) is 4. The maximum Gasteiger partial charge on any atom is 0.262 e. The summed E-state index contributed by atoms with van der Waals surface area (Å²) >= 11 is 1.17. The normalized spacial score (nSPS) is 11.0. The molecule has 2 aromatic heterocycles. The van der Waals surface area contributed by atoms with Crippen LogP contribution >= 0.6 is 11.3 Å². The molecule has 2 heterocycles. The second-order valence-corrected chi connectivity index (χ2v) is 6.08. The number of hydrogen-bond donors (Lipinski definition) is 1. The third kappa shape index (κ3) is 2.53. The molecule has 0 saturated heterocycles. The van der Waals surface area contributed by atoms with Crippen LogP contribution in [-0.2, 0) is 13.0 Å². The van der Waals surface area contributed by atoms with Gasteiger partial charge in [0.25, 0.3) is 11.5 Å². The predicted octanol–water partition coefficient (Wildman–Crippen LogP) is 2.11. The number of nitrogens with two attached hydrogens (primary N) is 1. The van der Waals surface area contributed by atoms with Crippen LogP contribution in [0, 0.1) is 6.92 Å². The Morgan fingerprint density at radius 2 is 2.05 bits per heavy atom. The molecule has 6 heteroatoms. The van der Waals surface area contributed by atoms with E-state index in [-0.39, 0.29) is 5.56 Å². The number of aryl methyl sites for hydroxylation is 3. The topological polar surface area (TPSA) is 78.0 Å². The Morgan fingerprint density at radius 1 is 1.32 bits per heavy atom. The van der Waals surface area contributed by atoms with E-state index in [4.69, 9.17) is 5.73 Å². The fourth-order valence-electron chi connectivity index (χ4n) is 2.45. The molecule has 0 aliphatic heterocycles. The van der Waals surface area contributed by atoms with Crippen molar-refractivity contribution in [2.24, 2.45) is 5.73 Å². The summed E-state index contributed by atoms with van der Waals surface area (Å²) in [5.74, 6) is -0.518. The molecule has 3 rings (SSSR count). The fraction of sp³-hybridized carbons (Fsp3) is 0.188. The molecule has 5 nitrogen and oxygen atoms in total. The van der Waals surface area contributed by atoms with Gasteiger partial charge in [-0.1, -0.05) is 30.3 Å². The molecule has 1 amide bonds. The summed E-state index contributed by atoms with van der Waals surface area (Å²) in [4.78, 5) is 29.2. The first-order valence-corrected chi connectivity index (χ1v) is 7.72. The lowest BCUT2D eigenvalue weighted by atomic mass is 10.1. The van der Waals surface area contributed by atoms with Gasteiger partial charge in [0.15, 0.2) is 0 Å². The van der Waals surface area contributed by atoms with Crippen LogP contribution in [0.2, 0.25) is 0 Å². The zero-order valence-electron chi connectivity index (χ0n) is 12.1. The summed E-state index contributed by atoms with van der Waals surface area (Å²) in [7, 11) is 0. The molecule has 0 atom stereocenters. The lowest BCUT2D eigenvalue weighted by Gasteiger charge is -2.05. The first kappa shape index (κ1) is 14.5. The van der Waals surface area contributed by atoms with Crippen molar-refractivity contribution in [3.8, 4) is 0 Å². The average molecular weight is 313 g/mol. The highest BCUT2D eigenvalue weighted by Gasteiger charge is 2.17. The highest BCUT2D eigenvalue weighted by Crippen LogP contribution is 2.26. The molecular formula is C16H15N3O2S. The molecule has 2 N–H and O–H groups in total. The molecule has 0 fully saturated rings. The molecule has 0 bridgehead atoms. The number of amides is 1. The van der Waals surface area contributed by atoms with E-state index in [0.29, 0.717) is 27.2 Å². The number of rotatable bonds is 4. The van der Waals surface area contributed by atoms with Crippen molar-refractivity contribution in [3.63, 3.8) is 0 Å². The van der Waals surface area contributed by atoms with Crippen molar-refractivity contribution in [1.29, 1.82) is 0 Å². The summed E-state index contributed by atoms with van der Waals surface area (Å²) < 4.78 is 1.58. The standard InChI is InChI=1S/C16H15N3O2S/c1-10-12-15(22-13(10)14(17)20)18-9-19(16(12)21)8-7-11-5-3-2-4-6-11/h2-6,9H,7-8H2,1H3,(H2,17,20). The number of carbonyl (C=O) groups is 1. The molecule has 0 aliphatic carbocycles. The molecule has 112 valence electrons. The summed E-state index contributed by atoms with van der Waals surface area (Å²) in [6, 6.07) is 9.96. The van der Waals surface area contributed by atoms with E-state index < -0.39 is 5.91 Å². The highest BCUT2D eigenvalue weighted by atomic mass is 32.1.